The standard InChI is InChI=1S/C17H30/c1-10(2)14-8-17(5)9-15(14)16-11(3)6-7-13(16)12(17)4/h10-16H,6-9H2,1-5H3. The Morgan fingerprint density at radius 1 is 1.00 bits per heavy atom. The van der Waals surface area contributed by atoms with Crippen LogP contribution in [0.4, 0.5) is 0 Å². The molecule has 0 radical (unpaired) electrons. The van der Waals surface area contributed by atoms with Crippen LogP contribution in [0.2, 0.25) is 0 Å². The Bertz CT molecular complexity index is 305. The van der Waals surface area contributed by atoms with Crippen LogP contribution in [0.15, 0.2) is 0 Å². The van der Waals surface area contributed by atoms with Crippen molar-refractivity contribution in [2.75, 3.05) is 0 Å². The van der Waals surface area contributed by atoms with Crippen molar-refractivity contribution in [3.05, 3.63) is 0 Å². The fraction of sp³-hybridized carbons (Fsp3) is 1.00. The zero-order valence-electron chi connectivity index (χ0n) is 12.4. The lowest BCUT2D eigenvalue weighted by Crippen LogP contribution is -2.39. The first-order valence-electron chi connectivity index (χ1n) is 7.94. The number of hydrogen-bond donors (Lipinski definition) is 0. The van der Waals surface area contributed by atoms with Gasteiger partial charge in [0.15, 0.2) is 0 Å². The minimum absolute atomic E-state index is 0.685. The second kappa shape index (κ2) is 3.75. The van der Waals surface area contributed by atoms with Crippen molar-refractivity contribution >= 4 is 0 Å². The highest BCUT2D eigenvalue weighted by Gasteiger charge is 2.59. The average molecular weight is 234 g/mol. The summed E-state index contributed by atoms with van der Waals surface area (Å²) in [5.74, 6) is 7.14. The smallest absolute Gasteiger partial charge is 0.0292 e. The fourth-order valence-corrected chi connectivity index (χ4v) is 6.09. The molecule has 0 aromatic heterocycles. The second-order valence-electron chi connectivity index (χ2n) is 8.22. The lowest BCUT2D eigenvalue weighted by atomic mass is 9.59. The van der Waals surface area contributed by atoms with Gasteiger partial charge in [-0.15, -0.1) is 0 Å². The molecule has 0 aliphatic heterocycles. The van der Waals surface area contributed by atoms with E-state index in [-0.39, 0.29) is 0 Å². The highest BCUT2D eigenvalue weighted by Crippen LogP contribution is 2.66. The lowest BCUT2D eigenvalue weighted by Gasteiger charge is -2.45. The van der Waals surface area contributed by atoms with Gasteiger partial charge in [0, 0.05) is 0 Å². The highest BCUT2D eigenvalue weighted by molar-refractivity contribution is 5.08. The summed E-state index contributed by atoms with van der Waals surface area (Å²) in [6.07, 6.45) is 6.11. The van der Waals surface area contributed by atoms with E-state index >= 15 is 0 Å². The molecule has 0 nitrogen and oxygen atoms in total. The van der Waals surface area contributed by atoms with Crippen LogP contribution in [0.1, 0.15) is 60.3 Å². The Kier molecular flexibility index (Phi) is 2.66. The molecule has 3 aliphatic carbocycles. The van der Waals surface area contributed by atoms with E-state index in [1.54, 1.807) is 6.42 Å². The van der Waals surface area contributed by atoms with E-state index in [1.807, 2.05) is 0 Å². The molecule has 3 rings (SSSR count). The molecule has 0 saturated heterocycles. The molecule has 0 N–H and O–H groups in total. The van der Waals surface area contributed by atoms with E-state index in [4.69, 9.17) is 0 Å². The molecule has 17 heavy (non-hydrogen) atoms. The Balaban J connectivity index is 1.96. The molecule has 0 aromatic carbocycles. The van der Waals surface area contributed by atoms with Gasteiger partial charge in [-0.05, 0) is 66.1 Å². The maximum Gasteiger partial charge on any atom is -0.0292 e. The predicted octanol–water partition coefficient (Wildman–Crippen LogP) is 4.99. The molecular weight excluding hydrogens is 204 g/mol. The van der Waals surface area contributed by atoms with Gasteiger partial charge < -0.3 is 0 Å². The van der Waals surface area contributed by atoms with Crippen LogP contribution in [0.25, 0.3) is 0 Å². The van der Waals surface area contributed by atoms with Crippen LogP contribution >= 0.6 is 0 Å². The van der Waals surface area contributed by atoms with Crippen molar-refractivity contribution in [1.29, 1.82) is 0 Å². The van der Waals surface area contributed by atoms with E-state index in [0.717, 1.165) is 41.4 Å². The van der Waals surface area contributed by atoms with Crippen LogP contribution in [0.3, 0.4) is 0 Å². The molecule has 7 atom stereocenters. The monoisotopic (exact) mass is 234 g/mol. The molecular formula is C17H30. The number of fused-ring (bicyclic) bond motifs is 4. The molecule has 0 aromatic rings. The molecule has 3 fully saturated rings. The average Bonchev–Trinajstić information content (AvgIpc) is 2.76. The van der Waals surface area contributed by atoms with Crippen LogP contribution in [-0.2, 0) is 0 Å². The van der Waals surface area contributed by atoms with Crippen molar-refractivity contribution in [2.24, 2.45) is 46.8 Å². The molecule has 3 saturated carbocycles. The Morgan fingerprint density at radius 2 is 1.71 bits per heavy atom. The van der Waals surface area contributed by atoms with Gasteiger partial charge in [0.05, 0.1) is 0 Å². The van der Waals surface area contributed by atoms with Gasteiger partial charge >= 0.3 is 0 Å². The predicted molar refractivity (Wildman–Crippen MR) is 73.7 cm³/mol. The highest BCUT2D eigenvalue weighted by atomic mass is 14.6. The Morgan fingerprint density at radius 3 is 2.35 bits per heavy atom. The second-order valence-corrected chi connectivity index (χ2v) is 8.22. The lowest BCUT2D eigenvalue weighted by molar-refractivity contribution is 0.0305. The first-order valence-corrected chi connectivity index (χ1v) is 7.94. The van der Waals surface area contributed by atoms with Gasteiger partial charge in [-0.25, -0.2) is 0 Å². The molecule has 3 aliphatic rings. The maximum absolute atomic E-state index is 2.60. The quantitative estimate of drug-likeness (QED) is 0.600. The zero-order valence-corrected chi connectivity index (χ0v) is 12.4. The van der Waals surface area contributed by atoms with Gasteiger partial charge in [0.2, 0.25) is 0 Å². The van der Waals surface area contributed by atoms with E-state index in [0.29, 0.717) is 5.41 Å². The van der Waals surface area contributed by atoms with E-state index in [1.165, 1.54) is 19.3 Å². The third-order valence-electron chi connectivity index (χ3n) is 7.15. The Labute approximate surface area is 108 Å². The van der Waals surface area contributed by atoms with Crippen LogP contribution in [0.5, 0.6) is 0 Å². The van der Waals surface area contributed by atoms with Crippen molar-refractivity contribution in [3.63, 3.8) is 0 Å². The normalized spacial score (nSPS) is 57.5. The van der Waals surface area contributed by atoms with E-state index < -0.39 is 0 Å². The molecule has 7 unspecified atom stereocenters. The number of rotatable bonds is 1. The zero-order chi connectivity index (χ0) is 12.4. The van der Waals surface area contributed by atoms with Crippen LogP contribution in [-0.4, -0.2) is 0 Å². The van der Waals surface area contributed by atoms with Gasteiger partial charge in [-0.2, -0.15) is 0 Å². The van der Waals surface area contributed by atoms with Crippen molar-refractivity contribution < 1.29 is 0 Å². The van der Waals surface area contributed by atoms with E-state index in [9.17, 15) is 0 Å². The molecule has 0 heterocycles. The van der Waals surface area contributed by atoms with E-state index in [2.05, 4.69) is 34.6 Å². The summed E-state index contributed by atoms with van der Waals surface area (Å²) in [5.41, 5.74) is 0.685. The molecule has 0 spiro atoms. The summed E-state index contributed by atoms with van der Waals surface area (Å²) in [7, 11) is 0. The maximum atomic E-state index is 2.60. The summed E-state index contributed by atoms with van der Waals surface area (Å²) in [6.45, 7) is 12.7. The number of hydrogen-bond acceptors (Lipinski definition) is 0. The van der Waals surface area contributed by atoms with Gasteiger partial charge in [-0.1, -0.05) is 41.0 Å². The molecule has 98 valence electrons. The summed E-state index contributed by atoms with van der Waals surface area (Å²) in [4.78, 5) is 0. The van der Waals surface area contributed by atoms with Gasteiger partial charge in [-0.3, -0.25) is 0 Å². The first kappa shape index (κ1) is 12.1. The summed E-state index contributed by atoms with van der Waals surface area (Å²) < 4.78 is 0. The van der Waals surface area contributed by atoms with Gasteiger partial charge in [0.1, 0.15) is 0 Å². The Hall–Kier alpha value is 0. The molecule has 0 amide bonds. The van der Waals surface area contributed by atoms with Crippen molar-refractivity contribution in [3.8, 4) is 0 Å². The third-order valence-corrected chi connectivity index (χ3v) is 7.15. The summed E-state index contributed by atoms with van der Waals surface area (Å²) in [5, 5.41) is 0. The van der Waals surface area contributed by atoms with Crippen molar-refractivity contribution in [2.45, 2.75) is 60.3 Å². The summed E-state index contributed by atoms with van der Waals surface area (Å²) >= 11 is 0. The SMILES string of the molecule is CC(C)C1CC2(C)CC1C1C(C)CCC1C2C. The van der Waals surface area contributed by atoms with Crippen molar-refractivity contribution in [1.82, 2.24) is 0 Å². The van der Waals surface area contributed by atoms with Gasteiger partial charge in [0.25, 0.3) is 0 Å². The third kappa shape index (κ3) is 1.55. The first-order chi connectivity index (χ1) is 7.94. The molecule has 2 bridgehead atoms. The fourth-order valence-electron chi connectivity index (χ4n) is 6.09. The minimum Gasteiger partial charge on any atom is -0.0625 e. The topological polar surface area (TPSA) is 0 Å². The van der Waals surface area contributed by atoms with Crippen LogP contribution < -0.4 is 0 Å². The minimum atomic E-state index is 0.685. The molecule has 0 heteroatoms. The van der Waals surface area contributed by atoms with Crippen LogP contribution in [0, 0.1) is 46.8 Å². The largest absolute Gasteiger partial charge is 0.0625 e. The summed E-state index contributed by atoms with van der Waals surface area (Å²) in [6, 6.07) is 0.